The van der Waals surface area contributed by atoms with Crippen LogP contribution in [0.1, 0.15) is 22.3 Å². The molecule has 0 saturated heterocycles. The zero-order valence-electron chi connectivity index (χ0n) is 10.8. The molecule has 6 heteroatoms. The molecule has 0 radical (unpaired) electrons. The lowest BCUT2D eigenvalue weighted by Gasteiger charge is -2.14. The average molecular weight is 283 g/mol. The minimum atomic E-state index is -1.07. The molecule has 1 aromatic carbocycles. The maximum absolute atomic E-state index is 12.0. The van der Waals surface area contributed by atoms with E-state index in [1.165, 1.54) is 23.9 Å². The van der Waals surface area contributed by atoms with Gasteiger partial charge in [0.1, 0.15) is 11.8 Å². The number of aliphatic carboxylic acids is 1. The van der Waals surface area contributed by atoms with E-state index in [4.69, 9.17) is 5.11 Å². The number of hydrogen-bond acceptors (Lipinski definition) is 4. The van der Waals surface area contributed by atoms with E-state index in [2.05, 4.69) is 5.32 Å². The van der Waals surface area contributed by atoms with E-state index in [9.17, 15) is 14.7 Å². The summed E-state index contributed by atoms with van der Waals surface area (Å²) >= 11 is 1.51. The molecular formula is C13H17NO4S. The molecule has 0 heterocycles. The van der Waals surface area contributed by atoms with Crippen molar-refractivity contribution >= 4 is 23.6 Å². The molecule has 1 atom stereocenters. The van der Waals surface area contributed by atoms with E-state index in [0.717, 1.165) is 5.56 Å². The molecule has 1 rings (SSSR count). The summed E-state index contributed by atoms with van der Waals surface area (Å²) in [6.07, 6.45) is 2.21. The summed E-state index contributed by atoms with van der Waals surface area (Å²) < 4.78 is 0. The molecule has 0 spiro atoms. The molecule has 3 N–H and O–H groups in total. The number of amides is 1. The highest BCUT2D eigenvalue weighted by Gasteiger charge is 2.21. The lowest BCUT2D eigenvalue weighted by molar-refractivity contribution is -0.139. The van der Waals surface area contributed by atoms with Gasteiger partial charge in [-0.3, -0.25) is 4.79 Å². The number of hydrogen-bond donors (Lipinski definition) is 3. The Kier molecular flexibility index (Phi) is 5.69. The first-order valence-electron chi connectivity index (χ1n) is 5.78. The maximum Gasteiger partial charge on any atom is 0.326 e. The van der Waals surface area contributed by atoms with Gasteiger partial charge in [0.25, 0.3) is 5.91 Å². The molecule has 0 aliphatic heterocycles. The van der Waals surface area contributed by atoms with Gasteiger partial charge in [0.2, 0.25) is 0 Å². The van der Waals surface area contributed by atoms with Gasteiger partial charge in [0, 0.05) is 0 Å². The van der Waals surface area contributed by atoms with Crippen LogP contribution in [0.4, 0.5) is 0 Å². The van der Waals surface area contributed by atoms with Crippen molar-refractivity contribution in [1.29, 1.82) is 0 Å². The molecule has 0 bridgehead atoms. The summed E-state index contributed by atoms with van der Waals surface area (Å²) in [4.78, 5) is 23.0. The standard InChI is InChI=1S/C13H17NO4S/c1-8-3-4-11(15)9(7-8)12(16)14-10(13(17)18)5-6-19-2/h3-4,7,10,15H,5-6H2,1-2H3,(H,14,16)(H,17,18). The van der Waals surface area contributed by atoms with Gasteiger partial charge < -0.3 is 15.5 Å². The minimum absolute atomic E-state index is 0.0930. The molecule has 0 aromatic heterocycles. The van der Waals surface area contributed by atoms with Crippen LogP contribution in [0.25, 0.3) is 0 Å². The minimum Gasteiger partial charge on any atom is -0.507 e. The van der Waals surface area contributed by atoms with E-state index < -0.39 is 17.9 Å². The van der Waals surface area contributed by atoms with Crippen molar-refractivity contribution in [2.45, 2.75) is 19.4 Å². The zero-order valence-corrected chi connectivity index (χ0v) is 11.7. The number of carboxylic acids is 1. The molecule has 1 unspecified atom stereocenters. The van der Waals surface area contributed by atoms with Gasteiger partial charge in [0.15, 0.2) is 0 Å². The number of benzene rings is 1. The highest BCUT2D eigenvalue weighted by Crippen LogP contribution is 2.18. The summed E-state index contributed by atoms with van der Waals surface area (Å²) in [6.45, 7) is 1.79. The summed E-state index contributed by atoms with van der Waals surface area (Å²) in [5.74, 6) is -1.17. The van der Waals surface area contributed by atoms with Crippen LogP contribution in [0.5, 0.6) is 5.75 Å². The number of phenols is 1. The van der Waals surface area contributed by atoms with Crippen molar-refractivity contribution in [3.05, 3.63) is 29.3 Å². The number of phenolic OH excluding ortho intramolecular Hbond substituents is 1. The van der Waals surface area contributed by atoms with Crippen molar-refractivity contribution in [3.63, 3.8) is 0 Å². The van der Waals surface area contributed by atoms with Crippen molar-refractivity contribution in [3.8, 4) is 5.75 Å². The monoisotopic (exact) mass is 283 g/mol. The number of carbonyl (C=O) groups excluding carboxylic acids is 1. The number of thioether (sulfide) groups is 1. The fraction of sp³-hybridized carbons (Fsp3) is 0.385. The van der Waals surface area contributed by atoms with E-state index in [1.54, 1.807) is 13.0 Å². The van der Waals surface area contributed by atoms with Crippen molar-refractivity contribution in [2.24, 2.45) is 0 Å². The highest BCUT2D eigenvalue weighted by molar-refractivity contribution is 7.98. The summed E-state index contributed by atoms with van der Waals surface area (Å²) in [6, 6.07) is 3.68. The Labute approximate surface area is 116 Å². The van der Waals surface area contributed by atoms with Gasteiger partial charge in [0.05, 0.1) is 5.56 Å². The Morgan fingerprint density at radius 3 is 2.68 bits per heavy atom. The van der Waals surface area contributed by atoms with E-state index in [1.807, 2.05) is 6.26 Å². The Hall–Kier alpha value is -1.69. The summed E-state index contributed by atoms with van der Waals surface area (Å²) in [7, 11) is 0. The molecule has 0 fully saturated rings. The van der Waals surface area contributed by atoms with E-state index in [0.29, 0.717) is 12.2 Å². The van der Waals surface area contributed by atoms with E-state index >= 15 is 0 Å². The normalized spacial score (nSPS) is 11.9. The average Bonchev–Trinajstić information content (AvgIpc) is 2.36. The molecule has 0 aliphatic carbocycles. The van der Waals surface area contributed by atoms with Crippen LogP contribution in [-0.4, -0.2) is 40.1 Å². The first-order valence-corrected chi connectivity index (χ1v) is 7.17. The molecule has 5 nitrogen and oxygen atoms in total. The quantitative estimate of drug-likeness (QED) is 0.739. The van der Waals surface area contributed by atoms with Gasteiger partial charge >= 0.3 is 5.97 Å². The zero-order chi connectivity index (χ0) is 14.4. The highest BCUT2D eigenvalue weighted by atomic mass is 32.2. The second-order valence-electron chi connectivity index (χ2n) is 4.17. The van der Waals surface area contributed by atoms with Gasteiger partial charge in [-0.05, 0) is 37.5 Å². The SMILES string of the molecule is CSCCC(NC(=O)c1cc(C)ccc1O)C(=O)O. The molecule has 0 saturated carbocycles. The largest absolute Gasteiger partial charge is 0.507 e. The Morgan fingerprint density at radius 1 is 1.42 bits per heavy atom. The number of aryl methyl sites for hydroxylation is 1. The van der Waals surface area contributed by atoms with Crippen LogP contribution < -0.4 is 5.32 Å². The van der Waals surface area contributed by atoms with Crippen LogP contribution in [0.2, 0.25) is 0 Å². The van der Waals surface area contributed by atoms with Crippen molar-refractivity contribution < 1.29 is 19.8 Å². The van der Waals surface area contributed by atoms with Gasteiger partial charge in [-0.15, -0.1) is 0 Å². The number of nitrogens with one attached hydrogen (secondary N) is 1. The van der Waals surface area contributed by atoms with Crippen LogP contribution in [0.3, 0.4) is 0 Å². The van der Waals surface area contributed by atoms with E-state index in [-0.39, 0.29) is 11.3 Å². The number of carboxylic acid groups (broad SMARTS) is 1. The molecular weight excluding hydrogens is 266 g/mol. The Morgan fingerprint density at radius 2 is 2.11 bits per heavy atom. The van der Waals surface area contributed by atoms with Crippen LogP contribution in [-0.2, 0) is 4.79 Å². The van der Waals surface area contributed by atoms with Crippen molar-refractivity contribution in [1.82, 2.24) is 5.32 Å². The smallest absolute Gasteiger partial charge is 0.326 e. The third kappa shape index (κ3) is 4.48. The van der Waals surface area contributed by atoms with Crippen molar-refractivity contribution in [2.75, 3.05) is 12.0 Å². The lowest BCUT2D eigenvalue weighted by Crippen LogP contribution is -2.41. The summed E-state index contributed by atoms with van der Waals surface area (Å²) in [5, 5.41) is 21.1. The fourth-order valence-electron chi connectivity index (χ4n) is 1.56. The second kappa shape index (κ2) is 7.04. The predicted molar refractivity (Wildman–Crippen MR) is 74.7 cm³/mol. The Balaban J connectivity index is 2.81. The van der Waals surface area contributed by atoms with Gasteiger partial charge in [-0.1, -0.05) is 11.6 Å². The first-order chi connectivity index (χ1) is 8.95. The van der Waals surface area contributed by atoms with Crippen LogP contribution >= 0.6 is 11.8 Å². The molecule has 0 aliphatic rings. The first kappa shape index (κ1) is 15.4. The van der Waals surface area contributed by atoms with Crippen LogP contribution in [0.15, 0.2) is 18.2 Å². The predicted octanol–water partition coefficient (Wildman–Crippen LogP) is 1.64. The maximum atomic E-state index is 12.0. The second-order valence-corrected chi connectivity index (χ2v) is 5.15. The molecule has 1 amide bonds. The molecule has 19 heavy (non-hydrogen) atoms. The topological polar surface area (TPSA) is 86.6 Å². The number of carbonyl (C=O) groups is 2. The third-order valence-corrected chi connectivity index (χ3v) is 3.25. The fourth-order valence-corrected chi connectivity index (χ4v) is 2.03. The lowest BCUT2D eigenvalue weighted by atomic mass is 10.1. The van der Waals surface area contributed by atoms with Crippen LogP contribution in [0, 0.1) is 6.92 Å². The van der Waals surface area contributed by atoms with Gasteiger partial charge in [-0.2, -0.15) is 11.8 Å². The number of rotatable bonds is 6. The van der Waals surface area contributed by atoms with Gasteiger partial charge in [-0.25, -0.2) is 4.79 Å². The number of aromatic hydroxyl groups is 1. The Bertz CT molecular complexity index is 476. The summed E-state index contributed by atoms with van der Waals surface area (Å²) in [5.41, 5.74) is 0.911. The molecule has 104 valence electrons. The molecule has 1 aromatic rings. The third-order valence-electron chi connectivity index (χ3n) is 2.61.